The third kappa shape index (κ3) is 4.54. The summed E-state index contributed by atoms with van der Waals surface area (Å²) in [7, 11) is 1.89. The Morgan fingerprint density at radius 2 is 2.06 bits per heavy atom. The van der Waals surface area contributed by atoms with Crippen molar-refractivity contribution in [2.75, 3.05) is 13.7 Å². The first-order valence-corrected chi connectivity index (χ1v) is 5.77. The lowest BCUT2D eigenvalue weighted by molar-refractivity contribution is -0.119. The van der Waals surface area contributed by atoms with E-state index in [0.717, 1.165) is 5.56 Å². The van der Waals surface area contributed by atoms with Crippen LogP contribution in [0.4, 0.5) is 0 Å². The average molecular weight is 236 g/mol. The SMILES string of the molecule is CNC(C)C(OCCC(N)=O)c1ccccc1. The van der Waals surface area contributed by atoms with Crippen LogP contribution in [0.5, 0.6) is 0 Å². The van der Waals surface area contributed by atoms with Crippen molar-refractivity contribution >= 4 is 5.91 Å². The van der Waals surface area contributed by atoms with Gasteiger partial charge in [-0.1, -0.05) is 30.3 Å². The average Bonchev–Trinajstić information content (AvgIpc) is 2.34. The molecule has 1 aromatic carbocycles. The van der Waals surface area contributed by atoms with Crippen LogP contribution < -0.4 is 11.1 Å². The number of nitrogens with one attached hydrogen (secondary N) is 1. The van der Waals surface area contributed by atoms with E-state index in [1.54, 1.807) is 0 Å². The van der Waals surface area contributed by atoms with Crippen LogP contribution in [0.3, 0.4) is 0 Å². The van der Waals surface area contributed by atoms with Gasteiger partial charge in [0.2, 0.25) is 5.91 Å². The minimum atomic E-state index is -0.339. The topological polar surface area (TPSA) is 64.3 Å². The van der Waals surface area contributed by atoms with Gasteiger partial charge in [-0.05, 0) is 19.5 Å². The van der Waals surface area contributed by atoms with E-state index in [4.69, 9.17) is 10.5 Å². The Balaban J connectivity index is 2.64. The van der Waals surface area contributed by atoms with E-state index >= 15 is 0 Å². The molecule has 0 saturated heterocycles. The van der Waals surface area contributed by atoms with Gasteiger partial charge in [0.05, 0.1) is 12.7 Å². The number of carbonyl (C=O) groups is 1. The van der Waals surface area contributed by atoms with Gasteiger partial charge in [0, 0.05) is 12.5 Å². The van der Waals surface area contributed by atoms with Crippen molar-refractivity contribution in [1.29, 1.82) is 0 Å². The van der Waals surface area contributed by atoms with Gasteiger partial charge in [-0.2, -0.15) is 0 Å². The summed E-state index contributed by atoms with van der Waals surface area (Å²) in [5.41, 5.74) is 6.19. The highest BCUT2D eigenvalue weighted by atomic mass is 16.5. The van der Waals surface area contributed by atoms with E-state index in [2.05, 4.69) is 5.32 Å². The first-order valence-electron chi connectivity index (χ1n) is 5.77. The summed E-state index contributed by atoms with van der Waals surface area (Å²) < 4.78 is 5.73. The molecule has 0 radical (unpaired) electrons. The van der Waals surface area contributed by atoms with Crippen LogP contribution in [0.15, 0.2) is 30.3 Å². The zero-order chi connectivity index (χ0) is 12.7. The molecule has 3 N–H and O–H groups in total. The quantitative estimate of drug-likeness (QED) is 0.748. The van der Waals surface area contributed by atoms with E-state index in [0.29, 0.717) is 6.61 Å². The van der Waals surface area contributed by atoms with E-state index in [9.17, 15) is 4.79 Å². The fourth-order valence-corrected chi connectivity index (χ4v) is 1.61. The lowest BCUT2D eigenvalue weighted by Gasteiger charge is -2.24. The summed E-state index contributed by atoms with van der Waals surface area (Å²) in [5.74, 6) is -0.339. The molecule has 0 heterocycles. The van der Waals surface area contributed by atoms with Crippen molar-refractivity contribution in [3.63, 3.8) is 0 Å². The van der Waals surface area contributed by atoms with Gasteiger partial charge in [0.25, 0.3) is 0 Å². The Kier molecular flexibility index (Phi) is 5.66. The molecule has 1 aromatic rings. The zero-order valence-corrected chi connectivity index (χ0v) is 10.3. The zero-order valence-electron chi connectivity index (χ0n) is 10.3. The lowest BCUT2D eigenvalue weighted by Crippen LogP contribution is -2.31. The molecule has 1 amide bonds. The largest absolute Gasteiger partial charge is 0.371 e. The second-order valence-corrected chi connectivity index (χ2v) is 4.00. The van der Waals surface area contributed by atoms with Crippen LogP contribution in [0.2, 0.25) is 0 Å². The van der Waals surface area contributed by atoms with Crippen LogP contribution in [0.25, 0.3) is 0 Å². The van der Waals surface area contributed by atoms with E-state index in [1.165, 1.54) is 0 Å². The number of likely N-dealkylation sites (N-methyl/N-ethyl adjacent to an activating group) is 1. The minimum absolute atomic E-state index is 0.0689. The number of amides is 1. The third-order valence-electron chi connectivity index (χ3n) is 2.68. The van der Waals surface area contributed by atoms with Gasteiger partial charge in [0.1, 0.15) is 0 Å². The fraction of sp³-hybridized carbons (Fsp3) is 0.462. The molecule has 0 aliphatic rings. The number of benzene rings is 1. The van der Waals surface area contributed by atoms with Crippen LogP contribution in [-0.4, -0.2) is 25.6 Å². The van der Waals surface area contributed by atoms with Crippen molar-refractivity contribution in [1.82, 2.24) is 5.32 Å². The van der Waals surface area contributed by atoms with Crippen molar-refractivity contribution in [3.8, 4) is 0 Å². The molecule has 0 spiro atoms. The maximum absolute atomic E-state index is 10.7. The molecule has 2 atom stereocenters. The fourth-order valence-electron chi connectivity index (χ4n) is 1.61. The summed E-state index contributed by atoms with van der Waals surface area (Å²) in [6, 6.07) is 10.1. The molecule has 0 fully saturated rings. The molecule has 94 valence electrons. The van der Waals surface area contributed by atoms with Crippen molar-refractivity contribution in [3.05, 3.63) is 35.9 Å². The highest BCUT2D eigenvalue weighted by Gasteiger charge is 2.18. The molecule has 0 aliphatic carbocycles. The first-order chi connectivity index (χ1) is 8.15. The van der Waals surface area contributed by atoms with Gasteiger partial charge in [0.15, 0.2) is 0 Å². The third-order valence-corrected chi connectivity index (χ3v) is 2.68. The number of rotatable bonds is 7. The predicted octanol–water partition coefficient (Wildman–Crippen LogP) is 1.23. The van der Waals surface area contributed by atoms with Gasteiger partial charge in [-0.15, -0.1) is 0 Å². The lowest BCUT2D eigenvalue weighted by atomic mass is 10.0. The molecule has 4 heteroatoms. The van der Waals surface area contributed by atoms with Crippen molar-refractivity contribution < 1.29 is 9.53 Å². The van der Waals surface area contributed by atoms with E-state index < -0.39 is 0 Å². The van der Waals surface area contributed by atoms with Crippen LogP contribution in [0, 0.1) is 0 Å². The minimum Gasteiger partial charge on any atom is -0.371 e. The number of ether oxygens (including phenoxy) is 1. The van der Waals surface area contributed by atoms with Crippen LogP contribution in [0.1, 0.15) is 25.0 Å². The number of hydrogen-bond acceptors (Lipinski definition) is 3. The Bertz CT molecular complexity index is 341. The standard InChI is InChI=1S/C13H20N2O2/c1-10(15-2)13(17-9-8-12(14)16)11-6-4-3-5-7-11/h3-7,10,13,15H,8-9H2,1-2H3,(H2,14,16). The van der Waals surface area contributed by atoms with Crippen molar-refractivity contribution in [2.24, 2.45) is 5.73 Å². The Morgan fingerprint density at radius 3 is 2.59 bits per heavy atom. The smallest absolute Gasteiger partial charge is 0.219 e. The second-order valence-electron chi connectivity index (χ2n) is 4.00. The summed E-state index contributed by atoms with van der Waals surface area (Å²) in [5, 5.41) is 3.16. The Hall–Kier alpha value is -1.39. The molecule has 0 bridgehead atoms. The molecule has 1 rings (SSSR count). The number of primary amides is 1. The van der Waals surface area contributed by atoms with Crippen LogP contribution in [-0.2, 0) is 9.53 Å². The maximum atomic E-state index is 10.7. The van der Waals surface area contributed by atoms with Crippen molar-refractivity contribution in [2.45, 2.75) is 25.5 Å². The number of hydrogen-bond donors (Lipinski definition) is 2. The molecule has 17 heavy (non-hydrogen) atoms. The maximum Gasteiger partial charge on any atom is 0.219 e. The highest BCUT2D eigenvalue weighted by molar-refractivity contribution is 5.73. The summed E-state index contributed by atoms with van der Waals surface area (Å²) in [4.78, 5) is 10.7. The summed E-state index contributed by atoms with van der Waals surface area (Å²) in [6.07, 6.45) is 0.181. The molecule has 2 unspecified atom stereocenters. The highest BCUT2D eigenvalue weighted by Crippen LogP contribution is 2.21. The normalized spacial score (nSPS) is 14.2. The summed E-state index contributed by atoms with van der Waals surface area (Å²) >= 11 is 0. The number of carbonyl (C=O) groups excluding carboxylic acids is 1. The van der Waals surface area contributed by atoms with Gasteiger partial charge in [-0.25, -0.2) is 0 Å². The monoisotopic (exact) mass is 236 g/mol. The van der Waals surface area contributed by atoms with Gasteiger partial charge >= 0.3 is 0 Å². The van der Waals surface area contributed by atoms with E-state index in [-0.39, 0.29) is 24.5 Å². The van der Waals surface area contributed by atoms with Gasteiger partial charge in [-0.3, -0.25) is 4.79 Å². The Morgan fingerprint density at radius 1 is 1.41 bits per heavy atom. The second kappa shape index (κ2) is 7.04. The molecule has 0 aromatic heterocycles. The summed E-state index contributed by atoms with van der Waals surface area (Å²) in [6.45, 7) is 2.39. The van der Waals surface area contributed by atoms with Crippen LogP contribution >= 0.6 is 0 Å². The molecular weight excluding hydrogens is 216 g/mol. The first kappa shape index (κ1) is 13.7. The molecular formula is C13H20N2O2. The van der Waals surface area contributed by atoms with Gasteiger partial charge < -0.3 is 15.8 Å². The molecule has 4 nitrogen and oxygen atoms in total. The number of nitrogens with two attached hydrogens (primary N) is 1. The molecule has 0 aliphatic heterocycles. The molecule has 0 saturated carbocycles. The Labute approximate surface area is 102 Å². The van der Waals surface area contributed by atoms with E-state index in [1.807, 2.05) is 44.3 Å². The predicted molar refractivity (Wildman–Crippen MR) is 67.5 cm³/mol.